The van der Waals surface area contributed by atoms with Crippen LogP contribution in [-0.2, 0) is 11.3 Å². The van der Waals surface area contributed by atoms with E-state index in [0.29, 0.717) is 13.2 Å². The van der Waals surface area contributed by atoms with Gasteiger partial charge in [-0.15, -0.1) is 0 Å². The molecule has 1 amide bonds. The molecule has 0 saturated heterocycles. The van der Waals surface area contributed by atoms with Gasteiger partial charge in [0.15, 0.2) is 0 Å². The zero-order valence-corrected chi connectivity index (χ0v) is 10.5. The topological polar surface area (TPSA) is 41.6 Å². The zero-order valence-electron chi connectivity index (χ0n) is 10.5. The van der Waals surface area contributed by atoms with E-state index in [9.17, 15) is 4.79 Å². The van der Waals surface area contributed by atoms with Crippen molar-refractivity contribution in [2.24, 2.45) is 0 Å². The van der Waals surface area contributed by atoms with Gasteiger partial charge in [0.05, 0.1) is 6.61 Å². The van der Waals surface area contributed by atoms with E-state index in [1.54, 1.807) is 7.05 Å². The maximum absolute atomic E-state index is 11.5. The molecule has 0 spiro atoms. The van der Waals surface area contributed by atoms with Gasteiger partial charge in [0.2, 0.25) is 0 Å². The highest BCUT2D eigenvalue weighted by Gasteiger charge is 2.08. The van der Waals surface area contributed by atoms with Crippen LogP contribution in [-0.4, -0.2) is 24.8 Å². The molecule has 17 heavy (non-hydrogen) atoms. The Kier molecular flexibility index (Phi) is 6.10. The fourth-order valence-corrected chi connectivity index (χ4v) is 1.27. The van der Waals surface area contributed by atoms with E-state index in [4.69, 9.17) is 4.74 Å². The molecule has 0 bridgehead atoms. The van der Waals surface area contributed by atoms with Crippen molar-refractivity contribution in [1.82, 2.24) is 10.4 Å². The smallest absolute Gasteiger partial charge is 0.423 e. The second-order valence-corrected chi connectivity index (χ2v) is 3.85. The maximum Gasteiger partial charge on any atom is 0.423 e. The van der Waals surface area contributed by atoms with Crippen molar-refractivity contribution in [1.29, 1.82) is 0 Å². The molecule has 0 aromatic heterocycles. The average molecular weight is 236 g/mol. The summed E-state index contributed by atoms with van der Waals surface area (Å²) in [7, 11) is 1.66. The molecule has 0 unspecified atom stereocenters. The number of unbranched alkanes of at least 4 members (excludes halogenated alkanes) is 1. The van der Waals surface area contributed by atoms with E-state index in [0.717, 1.165) is 18.4 Å². The largest absolute Gasteiger partial charge is 0.448 e. The minimum Gasteiger partial charge on any atom is -0.448 e. The normalized spacial score (nSPS) is 10.0. The molecule has 0 aliphatic heterocycles. The third-order valence-electron chi connectivity index (χ3n) is 2.36. The van der Waals surface area contributed by atoms with Crippen molar-refractivity contribution in [3.8, 4) is 0 Å². The highest BCUT2D eigenvalue weighted by molar-refractivity contribution is 5.66. The number of hydrogen-bond acceptors (Lipinski definition) is 3. The van der Waals surface area contributed by atoms with E-state index in [2.05, 4.69) is 12.3 Å². The first-order valence-electron chi connectivity index (χ1n) is 5.92. The standard InChI is InChI=1S/C13H20N2O2/c1-3-4-10-17-13(16)15(2)14-11-12-8-6-5-7-9-12/h5-9,14H,3-4,10-11H2,1-2H3. The number of nitrogens with zero attached hydrogens (tertiary/aromatic N) is 1. The molecule has 0 saturated carbocycles. The monoisotopic (exact) mass is 236 g/mol. The molecule has 0 radical (unpaired) electrons. The minimum absolute atomic E-state index is 0.339. The molecule has 1 aromatic carbocycles. The van der Waals surface area contributed by atoms with Gasteiger partial charge >= 0.3 is 6.09 Å². The molecule has 4 heteroatoms. The van der Waals surface area contributed by atoms with Gasteiger partial charge in [-0.25, -0.2) is 15.2 Å². The summed E-state index contributed by atoms with van der Waals surface area (Å²) in [5, 5.41) is 1.38. The van der Waals surface area contributed by atoms with Crippen molar-refractivity contribution in [2.45, 2.75) is 26.3 Å². The van der Waals surface area contributed by atoms with Gasteiger partial charge in [-0.1, -0.05) is 43.7 Å². The number of ether oxygens (including phenoxy) is 1. The Labute approximate surface area is 103 Å². The Morgan fingerprint density at radius 2 is 2.06 bits per heavy atom. The van der Waals surface area contributed by atoms with Gasteiger partial charge in [0.1, 0.15) is 0 Å². The highest BCUT2D eigenvalue weighted by Crippen LogP contribution is 1.98. The van der Waals surface area contributed by atoms with Gasteiger partial charge in [0.25, 0.3) is 0 Å². The second kappa shape index (κ2) is 7.68. The lowest BCUT2D eigenvalue weighted by molar-refractivity contribution is 0.0919. The second-order valence-electron chi connectivity index (χ2n) is 3.85. The summed E-state index contributed by atoms with van der Waals surface area (Å²) >= 11 is 0. The van der Waals surface area contributed by atoms with Crippen LogP contribution in [0.15, 0.2) is 30.3 Å². The predicted molar refractivity (Wildman–Crippen MR) is 67.3 cm³/mol. The number of nitrogens with one attached hydrogen (secondary N) is 1. The van der Waals surface area contributed by atoms with Crippen LogP contribution in [0.3, 0.4) is 0 Å². The summed E-state index contributed by atoms with van der Waals surface area (Å²) in [5.74, 6) is 0. The van der Waals surface area contributed by atoms with Crippen molar-refractivity contribution in [2.75, 3.05) is 13.7 Å². The van der Waals surface area contributed by atoms with Crippen LogP contribution in [0.5, 0.6) is 0 Å². The molecule has 0 aliphatic rings. The lowest BCUT2D eigenvalue weighted by Gasteiger charge is -2.18. The fraction of sp³-hybridized carbons (Fsp3) is 0.462. The molecule has 4 nitrogen and oxygen atoms in total. The van der Waals surface area contributed by atoms with Crippen LogP contribution in [0.2, 0.25) is 0 Å². The Bertz CT molecular complexity index is 327. The summed E-state index contributed by atoms with van der Waals surface area (Å²) in [4.78, 5) is 11.5. The Morgan fingerprint density at radius 3 is 2.71 bits per heavy atom. The van der Waals surface area contributed by atoms with Crippen LogP contribution in [0, 0.1) is 0 Å². The molecule has 0 aliphatic carbocycles. The van der Waals surface area contributed by atoms with Gasteiger partial charge in [-0.05, 0) is 12.0 Å². The van der Waals surface area contributed by atoms with E-state index in [-0.39, 0.29) is 6.09 Å². The lowest BCUT2D eigenvalue weighted by Crippen LogP contribution is -2.39. The number of carbonyl (C=O) groups is 1. The van der Waals surface area contributed by atoms with E-state index < -0.39 is 0 Å². The summed E-state index contributed by atoms with van der Waals surface area (Å²) < 4.78 is 5.06. The predicted octanol–water partition coefficient (Wildman–Crippen LogP) is 2.56. The van der Waals surface area contributed by atoms with Crippen LogP contribution < -0.4 is 5.43 Å². The summed E-state index contributed by atoms with van der Waals surface area (Å²) in [6.45, 7) is 3.15. The van der Waals surface area contributed by atoms with E-state index in [1.807, 2.05) is 30.3 Å². The molecule has 1 rings (SSSR count). The van der Waals surface area contributed by atoms with Gasteiger partial charge in [0, 0.05) is 13.6 Å². The van der Waals surface area contributed by atoms with Crippen molar-refractivity contribution >= 4 is 6.09 Å². The molecule has 0 fully saturated rings. The number of hydrazine groups is 1. The number of hydrogen-bond donors (Lipinski definition) is 1. The van der Waals surface area contributed by atoms with Gasteiger partial charge in [-0.3, -0.25) is 0 Å². The van der Waals surface area contributed by atoms with Crippen LogP contribution in [0.1, 0.15) is 25.3 Å². The molecule has 1 aromatic rings. The summed E-state index contributed by atoms with van der Waals surface area (Å²) in [5.41, 5.74) is 4.11. The number of carbonyl (C=O) groups excluding carboxylic acids is 1. The Balaban J connectivity index is 2.24. The first kappa shape index (κ1) is 13.5. The lowest BCUT2D eigenvalue weighted by atomic mass is 10.2. The first-order chi connectivity index (χ1) is 8.24. The van der Waals surface area contributed by atoms with Crippen LogP contribution in [0.4, 0.5) is 4.79 Å². The quantitative estimate of drug-likeness (QED) is 0.609. The van der Waals surface area contributed by atoms with E-state index >= 15 is 0 Å². The maximum atomic E-state index is 11.5. The zero-order chi connectivity index (χ0) is 12.5. The summed E-state index contributed by atoms with van der Waals surface area (Å²) in [6.07, 6.45) is 1.58. The van der Waals surface area contributed by atoms with Crippen molar-refractivity contribution in [3.05, 3.63) is 35.9 Å². The molecule has 94 valence electrons. The summed E-state index contributed by atoms with van der Waals surface area (Å²) in [6, 6.07) is 9.91. The molecule has 1 N–H and O–H groups in total. The van der Waals surface area contributed by atoms with Crippen LogP contribution >= 0.6 is 0 Å². The van der Waals surface area contributed by atoms with E-state index in [1.165, 1.54) is 5.01 Å². The number of rotatable bonds is 6. The molecular weight excluding hydrogens is 216 g/mol. The highest BCUT2D eigenvalue weighted by atomic mass is 16.6. The Hall–Kier alpha value is -1.55. The average Bonchev–Trinajstić information content (AvgIpc) is 2.37. The van der Waals surface area contributed by atoms with Crippen molar-refractivity contribution in [3.63, 3.8) is 0 Å². The molecule has 0 heterocycles. The third-order valence-corrected chi connectivity index (χ3v) is 2.36. The minimum atomic E-state index is -0.339. The number of amides is 1. The van der Waals surface area contributed by atoms with Gasteiger partial charge in [-0.2, -0.15) is 0 Å². The SMILES string of the molecule is CCCCOC(=O)N(C)NCc1ccccc1. The number of benzene rings is 1. The molecular formula is C13H20N2O2. The van der Waals surface area contributed by atoms with Crippen molar-refractivity contribution < 1.29 is 9.53 Å². The van der Waals surface area contributed by atoms with Crippen LogP contribution in [0.25, 0.3) is 0 Å². The van der Waals surface area contributed by atoms with Gasteiger partial charge < -0.3 is 4.74 Å². The molecule has 0 atom stereocenters. The Morgan fingerprint density at radius 1 is 1.35 bits per heavy atom. The first-order valence-corrected chi connectivity index (χ1v) is 5.92. The third kappa shape index (κ3) is 5.36. The fourth-order valence-electron chi connectivity index (χ4n) is 1.27.